The van der Waals surface area contributed by atoms with Crippen molar-refractivity contribution in [2.24, 2.45) is 7.05 Å². The van der Waals surface area contributed by atoms with Crippen LogP contribution in [0.2, 0.25) is 0 Å². The Balaban J connectivity index is 2.58. The average molecular weight is 247 g/mol. The van der Waals surface area contributed by atoms with Crippen LogP contribution in [-0.2, 0) is 7.05 Å². The van der Waals surface area contributed by atoms with Gasteiger partial charge in [-0.1, -0.05) is 0 Å². The van der Waals surface area contributed by atoms with Crippen molar-refractivity contribution in [2.75, 3.05) is 20.0 Å². The highest BCUT2D eigenvalue weighted by molar-refractivity contribution is 5.71. The Kier molecular flexibility index (Phi) is 3.14. The highest BCUT2D eigenvalue weighted by atomic mass is 16.5. The van der Waals surface area contributed by atoms with E-state index in [2.05, 4.69) is 5.10 Å². The van der Waals surface area contributed by atoms with Crippen LogP contribution in [0.4, 0.5) is 5.82 Å². The average Bonchev–Trinajstić information content (AvgIpc) is 2.68. The maximum absolute atomic E-state index is 5.80. The molecule has 1 aromatic carbocycles. The van der Waals surface area contributed by atoms with Crippen LogP contribution in [0.25, 0.3) is 11.3 Å². The fourth-order valence-electron chi connectivity index (χ4n) is 1.97. The number of aromatic nitrogens is 2. The van der Waals surface area contributed by atoms with Gasteiger partial charge < -0.3 is 15.2 Å². The van der Waals surface area contributed by atoms with Crippen molar-refractivity contribution < 1.29 is 9.47 Å². The molecule has 0 aliphatic heterocycles. The number of benzene rings is 1. The zero-order chi connectivity index (χ0) is 13.3. The number of rotatable bonds is 3. The van der Waals surface area contributed by atoms with Crippen molar-refractivity contribution in [3.05, 3.63) is 23.8 Å². The Hall–Kier alpha value is -2.17. The predicted octanol–water partition coefficient (Wildman–Crippen LogP) is 1.99. The Morgan fingerprint density at radius 3 is 2.44 bits per heavy atom. The molecule has 2 N–H and O–H groups in total. The predicted molar refractivity (Wildman–Crippen MR) is 70.9 cm³/mol. The molecule has 0 unspecified atom stereocenters. The second-order valence-corrected chi connectivity index (χ2v) is 4.05. The number of hydrogen-bond donors (Lipinski definition) is 1. The monoisotopic (exact) mass is 247 g/mol. The molecule has 0 spiro atoms. The molecule has 0 radical (unpaired) electrons. The van der Waals surface area contributed by atoms with Crippen LogP contribution in [0.1, 0.15) is 5.56 Å². The maximum Gasteiger partial charge on any atom is 0.164 e. The SMILES string of the molecule is COc1ccc(-c2cc(N)n(C)n2)c(C)c1OC. The van der Waals surface area contributed by atoms with E-state index >= 15 is 0 Å². The molecule has 1 aromatic heterocycles. The highest BCUT2D eigenvalue weighted by Crippen LogP contribution is 2.37. The minimum absolute atomic E-state index is 0.624. The molecule has 0 aliphatic carbocycles. The Labute approximate surface area is 106 Å². The van der Waals surface area contributed by atoms with E-state index in [1.807, 2.05) is 32.2 Å². The molecule has 0 aliphatic rings. The summed E-state index contributed by atoms with van der Waals surface area (Å²) in [5.41, 5.74) is 8.59. The lowest BCUT2D eigenvalue weighted by Gasteiger charge is -2.12. The normalized spacial score (nSPS) is 10.4. The van der Waals surface area contributed by atoms with Gasteiger partial charge >= 0.3 is 0 Å². The van der Waals surface area contributed by atoms with E-state index in [0.717, 1.165) is 22.6 Å². The smallest absolute Gasteiger partial charge is 0.164 e. The summed E-state index contributed by atoms with van der Waals surface area (Å²) in [4.78, 5) is 0. The third-order valence-corrected chi connectivity index (χ3v) is 2.99. The zero-order valence-corrected chi connectivity index (χ0v) is 11.0. The van der Waals surface area contributed by atoms with Crippen LogP contribution in [0.3, 0.4) is 0 Å². The molecule has 5 heteroatoms. The Morgan fingerprint density at radius 2 is 1.94 bits per heavy atom. The molecule has 5 nitrogen and oxygen atoms in total. The van der Waals surface area contributed by atoms with Crippen LogP contribution in [0, 0.1) is 6.92 Å². The van der Waals surface area contributed by atoms with Gasteiger partial charge in [0.15, 0.2) is 11.5 Å². The molecule has 0 fully saturated rings. The molecule has 0 saturated carbocycles. The first kappa shape index (κ1) is 12.3. The number of nitrogen functional groups attached to an aromatic ring is 1. The second-order valence-electron chi connectivity index (χ2n) is 4.05. The summed E-state index contributed by atoms with van der Waals surface area (Å²) >= 11 is 0. The van der Waals surface area contributed by atoms with Gasteiger partial charge in [-0.3, -0.25) is 4.68 Å². The van der Waals surface area contributed by atoms with Gasteiger partial charge in [0.25, 0.3) is 0 Å². The molecule has 0 bridgehead atoms. The number of ether oxygens (including phenoxy) is 2. The molecule has 96 valence electrons. The number of nitrogens with two attached hydrogens (primary N) is 1. The third-order valence-electron chi connectivity index (χ3n) is 2.99. The Bertz CT molecular complexity index is 556. The number of aryl methyl sites for hydroxylation is 1. The highest BCUT2D eigenvalue weighted by Gasteiger charge is 2.14. The van der Waals surface area contributed by atoms with Crippen molar-refractivity contribution in [3.8, 4) is 22.8 Å². The van der Waals surface area contributed by atoms with E-state index in [-0.39, 0.29) is 0 Å². The quantitative estimate of drug-likeness (QED) is 0.901. The molecular weight excluding hydrogens is 230 g/mol. The largest absolute Gasteiger partial charge is 0.493 e. The fourth-order valence-corrected chi connectivity index (χ4v) is 1.97. The number of anilines is 1. The maximum atomic E-state index is 5.80. The van der Waals surface area contributed by atoms with E-state index in [9.17, 15) is 0 Å². The third kappa shape index (κ3) is 1.88. The van der Waals surface area contributed by atoms with E-state index in [1.54, 1.807) is 18.9 Å². The summed E-state index contributed by atoms with van der Waals surface area (Å²) in [5.74, 6) is 2.06. The fraction of sp³-hybridized carbons (Fsp3) is 0.308. The molecule has 1 heterocycles. The van der Waals surface area contributed by atoms with Gasteiger partial charge in [-0.25, -0.2) is 0 Å². The van der Waals surface area contributed by atoms with Crippen molar-refractivity contribution in [3.63, 3.8) is 0 Å². The van der Waals surface area contributed by atoms with Gasteiger partial charge in [-0.15, -0.1) is 0 Å². The molecular formula is C13H17N3O2. The minimum atomic E-state index is 0.624. The van der Waals surface area contributed by atoms with Crippen molar-refractivity contribution in [2.45, 2.75) is 6.92 Å². The molecule has 0 saturated heterocycles. The van der Waals surface area contributed by atoms with Crippen LogP contribution >= 0.6 is 0 Å². The number of methoxy groups -OCH3 is 2. The summed E-state index contributed by atoms with van der Waals surface area (Å²) in [5, 5.41) is 4.37. The zero-order valence-electron chi connectivity index (χ0n) is 11.0. The van der Waals surface area contributed by atoms with E-state index < -0.39 is 0 Å². The van der Waals surface area contributed by atoms with Crippen LogP contribution in [0.15, 0.2) is 18.2 Å². The summed E-state index contributed by atoms with van der Waals surface area (Å²) in [6, 6.07) is 5.67. The standard InChI is InChI=1S/C13H17N3O2/c1-8-9(10-7-12(14)16(2)15-10)5-6-11(17-3)13(8)18-4/h5-7H,14H2,1-4H3. The second kappa shape index (κ2) is 4.60. The minimum Gasteiger partial charge on any atom is -0.493 e. The van der Waals surface area contributed by atoms with Gasteiger partial charge in [-0.2, -0.15) is 5.10 Å². The number of hydrogen-bond acceptors (Lipinski definition) is 4. The summed E-state index contributed by atoms with van der Waals surface area (Å²) in [6.45, 7) is 1.97. The first-order valence-electron chi connectivity index (χ1n) is 5.60. The molecule has 18 heavy (non-hydrogen) atoms. The summed E-state index contributed by atoms with van der Waals surface area (Å²) in [6.07, 6.45) is 0. The van der Waals surface area contributed by atoms with Crippen LogP contribution in [-0.4, -0.2) is 24.0 Å². The van der Waals surface area contributed by atoms with Crippen LogP contribution in [0.5, 0.6) is 11.5 Å². The van der Waals surface area contributed by atoms with E-state index in [0.29, 0.717) is 11.6 Å². The number of nitrogens with zero attached hydrogens (tertiary/aromatic N) is 2. The van der Waals surface area contributed by atoms with E-state index in [1.165, 1.54) is 0 Å². The van der Waals surface area contributed by atoms with Crippen molar-refractivity contribution >= 4 is 5.82 Å². The molecule has 0 amide bonds. The lowest BCUT2D eigenvalue weighted by atomic mass is 10.0. The van der Waals surface area contributed by atoms with Crippen LogP contribution < -0.4 is 15.2 Å². The first-order chi connectivity index (χ1) is 8.58. The van der Waals surface area contributed by atoms with Gasteiger partial charge in [0.2, 0.25) is 0 Å². The van der Waals surface area contributed by atoms with E-state index in [4.69, 9.17) is 15.2 Å². The van der Waals surface area contributed by atoms with Crippen molar-refractivity contribution in [1.29, 1.82) is 0 Å². The van der Waals surface area contributed by atoms with Gasteiger partial charge in [0.1, 0.15) is 5.82 Å². The topological polar surface area (TPSA) is 62.3 Å². The first-order valence-corrected chi connectivity index (χ1v) is 5.60. The molecule has 2 rings (SSSR count). The summed E-state index contributed by atoms with van der Waals surface area (Å²) in [7, 11) is 5.06. The lowest BCUT2D eigenvalue weighted by molar-refractivity contribution is 0.353. The lowest BCUT2D eigenvalue weighted by Crippen LogP contribution is -1.97. The Morgan fingerprint density at radius 1 is 1.22 bits per heavy atom. The van der Waals surface area contributed by atoms with Gasteiger partial charge in [0.05, 0.1) is 19.9 Å². The van der Waals surface area contributed by atoms with Crippen molar-refractivity contribution in [1.82, 2.24) is 9.78 Å². The van der Waals surface area contributed by atoms with Gasteiger partial charge in [0, 0.05) is 24.2 Å². The van der Waals surface area contributed by atoms with Gasteiger partial charge in [-0.05, 0) is 19.1 Å². The molecule has 0 atom stereocenters. The molecule has 2 aromatic rings. The summed E-state index contributed by atoms with van der Waals surface area (Å²) < 4.78 is 12.3.